The van der Waals surface area contributed by atoms with Gasteiger partial charge in [-0.1, -0.05) is 11.6 Å². The molecule has 0 radical (unpaired) electrons. The van der Waals surface area contributed by atoms with E-state index in [1.54, 1.807) is 13.8 Å². The van der Waals surface area contributed by atoms with Crippen molar-refractivity contribution in [3.63, 3.8) is 0 Å². The van der Waals surface area contributed by atoms with Crippen LogP contribution in [0.3, 0.4) is 0 Å². The molecule has 1 aliphatic rings. The molecule has 0 spiro atoms. The van der Waals surface area contributed by atoms with Gasteiger partial charge >= 0.3 is 5.97 Å². The van der Waals surface area contributed by atoms with Gasteiger partial charge in [-0.3, -0.25) is 0 Å². The van der Waals surface area contributed by atoms with Gasteiger partial charge in [-0.15, -0.1) is 0 Å². The quantitative estimate of drug-likeness (QED) is 0.912. The Hall–Kier alpha value is -1.15. The lowest BCUT2D eigenvalue weighted by Gasteiger charge is -2.34. The van der Waals surface area contributed by atoms with Gasteiger partial charge in [0, 0.05) is 13.1 Å². The fourth-order valence-corrected chi connectivity index (χ4v) is 4.39. The number of nitrogens with zero attached hydrogens (tertiary/aromatic N) is 1. The highest BCUT2D eigenvalue weighted by atomic mass is 35.5. The molecule has 116 valence electrons. The van der Waals surface area contributed by atoms with E-state index in [1.807, 2.05) is 0 Å². The standard InChI is InChI=1S/C13H16ClNO5S/c1-8-6-15(7-9(2)20-8)21(18,19)12-5-10(13(16)17)3-4-11(12)14/h3-5,8-9H,6-7H2,1-2H3,(H,16,17)/t8-,9+. The molecule has 21 heavy (non-hydrogen) atoms. The number of rotatable bonds is 3. The van der Waals surface area contributed by atoms with E-state index < -0.39 is 16.0 Å². The zero-order chi connectivity index (χ0) is 15.8. The molecule has 0 aromatic heterocycles. The number of morpholine rings is 1. The van der Waals surface area contributed by atoms with Gasteiger partial charge in [0.2, 0.25) is 10.0 Å². The summed E-state index contributed by atoms with van der Waals surface area (Å²) < 4.78 is 32.1. The van der Waals surface area contributed by atoms with Crippen molar-refractivity contribution in [3.05, 3.63) is 28.8 Å². The Labute approximate surface area is 128 Å². The largest absolute Gasteiger partial charge is 0.478 e. The zero-order valence-corrected chi connectivity index (χ0v) is 13.2. The maximum atomic E-state index is 12.7. The van der Waals surface area contributed by atoms with E-state index in [0.717, 1.165) is 6.07 Å². The first-order valence-electron chi connectivity index (χ1n) is 6.40. The third kappa shape index (κ3) is 3.37. The Bertz CT molecular complexity index is 651. The molecule has 6 nitrogen and oxygen atoms in total. The lowest BCUT2D eigenvalue weighted by molar-refractivity contribution is -0.0440. The minimum absolute atomic E-state index is 0.00629. The average Bonchev–Trinajstić information content (AvgIpc) is 2.37. The summed E-state index contributed by atoms with van der Waals surface area (Å²) in [6.07, 6.45) is -0.463. The second kappa shape index (κ2) is 5.92. The molecule has 1 fully saturated rings. The summed E-state index contributed by atoms with van der Waals surface area (Å²) in [7, 11) is -3.86. The molecular weight excluding hydrogens is 318 g/mol. The fourth-order valence-electron chi connectivity index (χ4n) is 2.30. The predicted molar refractivity (Wildman–Crippen MR) is 77.2 cm³/mol. The van der Waals surface area contributed by atoms with E-state index >= 15 is 0 Å². The van der Waals surface area contributed by atoms with Crippen LogP contribution in [-0.2, 0) is 14.8 Å². The lowest BCUT2D eigenvalue weighted by Crippen LogP contribution is -2.48. The van der Waals surface area contributed by atoms with Gasteiger partial charge in [-0.05, 0) is 32.0 Å². The first kappa shape index (κ1) is 16.2. The van der Waals surface area contributed by atoms with E-state index in [4.69, 9.17) is 21.4 Å². The first-order valence-corrected chi connectivity index (χ1v) is 8.22. The van der Waals surface area contributed by atoms with Crippen molar-refractivity contribution < 1.29 is 23.1 Å². The molecule has 1 N–H and O–H groups in total. The van der Waals surface area contributed by atoms with Crippen molar-refractivity contribution >= 4 is 27.6 Å². The summed E-state index contributed by atoms with van der Waals surface area (Å²) in [6.45, 7) is 3.99. The number of carboxylic acid groups (broad SMARTS) is 1. The highest BCUT2D eigenvalue weighted by molar-refractivity contribution is 7.89. The van der Waals surface area contributed by atoms with Crippen LogP contribution in [0.2, 0.25) is 5.02 Å². The molecule has 0 bridgehead atoms. The smallest absolute Gasteiger partial charge is 0.335 e. The number of carboxylic acids is 1. The Morgan fingerprint density at radius 3 is 2.43 bits per heavy atom. The zero-order valence-electron chi connectivity index (χ0n) is 11.6. The van der Waals surface area contributed by atoms with Crippen molar-refractivity contribution in [1.82, 2.24) is 4.31 Å². The van der Waals surface area contributed by atoms with E-state index in [0.29, 0.717) is 0 Å². The maximum Gasteiger partial charge on any atom is 0.335 e. The molecule has 1 aromatic carbocycles. The highest BCUT2D eigenvalue weighted by Crippen LogP contribution is 2.28. The van der Waals surface area contributed by atoms with Gasteiger partial charge in [0.05, 0.1) is 22.8 Å². The average molecular weight is 334 g/mol. The fraction of sp³-hybridized carbons (Fsp3) is 0.462. The van der Waals surface area contributed by atoms with E-state index in [9.17, 15) is 13.2 Å². The van der Waals surface area contributed by atoms with Crippen LogP contribution < -0.4 is 0 Å². The summed E-state index contributed by atoms with van der Waals surface area (Å²) in [5.74, 6) is -1.20. The number of hydrogen-bond donors (Lipinski definition) is 1. The number of hydrogen-bond acceptors (Lipinski definition) is 4. The van der Waals surface area contributed by atoms with Crippen LogP contribution in [0.4, 0.5) is 0 Å². The second-order valence-corrected chi connectivity index (χ2v) is 7.34. The SMILES string of the molecule is C[C@@H]1CN(S(=O)(=O)c2cc(C(=O)O)ccc2Cl)C[C@H](C)O1. The van der Waals surface area contributed by atoms with Crippen LogP contribution in [0.1, 0.15) is 24.2 Å². The number of carbonyl (C=O) groups is 1. The van der Waals surface area contributed by atoms with Gasteiger partial charge in [0.1, 0.15) is 4.90 Å². The Balaban J connectivity index is 2.44. The normalized spacial score (nSPS) is 24.0. The van der Waals surface area contributed by atoms with E-state index in [-0.39, 0.29) is 40.8 Å². The van der Waals surface area contributed by atoms with Crippen LogP contribution in [0.5, 0.6) is 0 Å². The lowest BCUT2D eigenvalue weighted by atomic mass is 10.2. The van der Waals surface area contributed by atoms with Crippen molar-refractivity contribution in [2.24, 2.45) is 0 Å². The second-order valence-electron chi connectivity index (χ2n) is 5.03. The molecule has 1 aromatic rings. The van der Waals surface area contributed by atoms with Crippen LogP contribution in [0.25, 0.3) is 0 Å². The Morgan fingerprint density at radius 2 is 1.90 bits per heavy atom. The Morgan fingerprint density at radius 1 is 1.33 bits per heavy atom. The molecule has 1 aliphatic heterocycles. The summed E-state index contributed by atoms with van der Waals surface area (Å²) in [5, 5.41) is 9.00. The minimum atomic E-state index is -3.86. The van der Waals surface area contributed by atoms with Crippen molar-refractivity contribution in [2.75, 3.05) is 13.1 Å². The van der Waals surface area contributed by atoms with E-state index in [2.05, 4.69) is 0 Å². The topological polar surface area (TPSA) is 83.9 Å². The van der Waals surface area contributed by atoms with Gasteiger partial charge < -0.3 is 9.84 Å². The first-order chi connectivity index (χ1) is 9.71. The van der Waals surface area contributed by atoms with Crippen LogP contribution >= 0.6 is 11.6 Å². The maximum absolute atomic E-state index is 12.7. The minimum Gasteiger partial charge on any atom is -0.478 e. The summed E-state index contributed by atoms with van der Waals surface area (Å²) >= 11 is 5.95. The molecule has 1 heterocycles. The molecule has 2 atom stereocenters. The molecule has 0 saturated carbocycles. The van der Waals surface area contributed by atoms with Crippen molar-refractivity contribution in [2.45, 2.75) is 31.0 Å². The summed E-state index contributed by atoms with van der Waals surface area (Å²) in [4.78, 5) is 10.8. The Kier molecular flexibility index (Phi) is 4.57. The molecule has 0 unspecified atom stereocenters. The number of sulfonamides is 1. The van der Waals surface area contributed by atoms with Crippen molar-refractivity contribution in [1.29, 1.82) is 0 Å². The number of aromatic carboxylic acids is 1. The molecule has 8 heteroatoms. The van der Waals surface area contributed by atoms with Crippen LogP contribution in [0.15, 0.2) is 23.1 Å². The highest BCUT2D eigenvalue weighted by Gasteiger charge is 2.33. The number of ether oxygens (including phenoxy) is 1. The molecule has 0 aliphatic carbocycles. The summed E-state index contributed by atoms with van der Waals surface area (Å²) in [6, 6.07) is 3.64. The molecule has 0 amide bonds. The van der Waals surface area contributed by atoms with Crippen LogP contribution in [0, 0.1) is 0 Å². The predicted octanol–water partition coefficient (Wildman–Crippen LogP) is 1.84. The monoisotopic (exact) mass is 333 g/mol. The van der Waals surface area contributed by atoms with Crippen LogP contribution in [-0.4, -0.2) is 49.1 Å². The third-order valence-corrected chi connectivity index (χ3v) is 5.50. The van der Waals surface area contributed by atoms with Gasteiger partial charge in [0.25, 0.3) is 0 Å². The molecule has 2 rings (SSSR count). The number of halogens is 1. The third-order valence-electron chi connectivity index (χ3n) is 3.18. The molecular formula is C13H16ClNO5S. The van der Waals surface area contributed by atoms with Gasteiger partial charge in [-0.2, -0.15) is 4.31 Å². The van der Waals surface area contributed by atoms with E-state index in [1.165, 1.54) is 16.4 Å². The van der Waals surface area contributed by atoms with Gasteiger partial charge in [-0.25, -0.2) is 13.2 Å². The van der Waals surface area contributed by atoms with Gasteiger partial charge in [0.15, 0.2) is 0 Å². The number of benzene rings is 1. The molecule has 1 saturated heterocycles. The van der Waals surface area contributed by atoms with Crippen molar-refractivity contribution in [3.8, 4) is 0 Å². The summed E-state index contributed by atoms with van der Waals surface area (Å²) in [5.41, 5.74) is -0.118.